The molecule has 3 aromatic rings. The Balaban J connectivity index is 1.57. The number of anilines is 1. The lowest BCUT2D eigenvalue weighted by molar-refractivity contribution is 0.106. The van der Waals surface area contributed by atoms with Crippen molar-refractivity contribution in [2.24, 2.45) is 0 Å². The molecule has 0 spiro atoms. The summed E-state index contributed by atoms with van der Waals surface area (Å²) < 4.78 is 11.9. The summed E-state index contributed by atoms with van der Waals surface area (Å²) in [6.45, 7) is 5.01. The van der Waals surface area contributed by atoms with Gasteiger partial charge in [0.2, 0.25) is 5.78 Å². The first-order chi connectivity index (χ1) is 14.6. The van der Waals surface area contributed by atoms with Gasteiger partial charge in [-0.1, -0.05) is 29.8 Å². The van der Waals surface area contributed by atoms with Crippen LogP contribution in [0.5, 0.6) is 5.75 Å². The van der Waals surface area contributed by atoms with E-state index in [1.54, 1.807) is 7.11 Å². The number of morpholine rings is 1. The molecule has 0 amide bonds. The topological polar surface area (TPSA) is 75.5 Å². The largest absolute Gasteiger partial charge is 0.494 e. The van der Waals surface area contributed by atoms with Crippen LogP contribution < -0.4 is 9.64 Å². The van der Waals surface area contributed by atoms with Gasteiger partial charge in [-0.05, 0) is 37.5 Å². The molecule has 1 aliphatic heterocycles. The molecule has 0 saturated carbocycles. The lowest BCUT2D eigenvalue weighted by Crippen LogP contribution is -2.36. The van der Waals surface area contributed by atoms with Crippen molar-refractivity contribution in [3.8, 4) is 5.75 Å². The monoisotopic (exact) mass is 423 g/mol. The zero-order chi connectivity index (χ0) is 21.1. The number of ether oxygens (including phenoxy) is 2. The number of aromatic nitrogens is 1. The number of thiazole rings is 1. The highest BCUT2D eigenvalue weighted by molar-refractivity contribution is 7.21. The van der Waals surface area contributed by atoms with Gasteiger partial charge in [-0.2, -0.15) is 0 Å². The quantitative estimate of drug-likeness (QED) is 0.453. The predicted molar refractivity (Wildman–Crippen MR) is 121 cm³/mol. The number of hydrogen-bond acceptors (Lipinski definition) is 7. The van der Waals surface area contributed by atoms with Gasteiger partial charge in [0, 0.05) is 13.1 Å². The number of hydrogen-bond donors (Lipinski definition) is 1. The Hall–Kier alpha value is -2.77. The Morgan fingerprint density at radius 2 is 1.93 bits per heavy atom. The lowest BCUT2D eigenvalue weighted by atomic mass is 10.0. The lowest BCUT2D eigenvalue weighted by Gasteiger charge is -2.29. The number of Topliss-reactive ketones (excluding diaryl/α,β-unsaturated/α-hetero) is 1. The van der Waals surface area contributed by atoms with Crippen molar-refractivity contribution in [3.63, 3.8) is 0 Å². The van der Waals surface area contributed by atoms with Crippen LogP contribution in [0.25, 0.3) is 10.2 Å². The Morgan fingerprint density at radius 3 is 2.63 bits per heavy atom. The molecule has 1 N–H and O–H groups in total. The fourth-order valence-electron chi connectivity index (χ4n) is 3.55. The second-order valence-electron chi connectivity index (χ2n) is 7.38. The van der Waals surface area contributed by atoms with Crippen molar-refractivity contribution in [1.82, 2.24) is 4.98 Å². The van der Waals surface area contributed by atoms with Gasteiger partial charge >= 0.3 is 0 Å². The molecular formula is C23H25N3O3S. The Bertz CT molecular complexity index is 1070. The number of nitrogens with zero attached hydrogens (tertiary/aromatic N) is 2. The Kier molecular flexibility index (Phi) is 6.11. The zero-order valence-electron chi connectivity index (χ0n) is 17.2. The number of nitrogens with one attached hydrogen (secondary N) is 1. The maximum atomic E-state index is 12.9. The third-order valence-corrected chi connectivity index (χ3v) is 6.39. The average molecular weight is 424 g/mol. The molecule has 1 aliphatic rings. The van der Waals surface area contributed by atoms with Gasteiger partial charge in [0.05, 0.1) is 36.4 Å². The minimum absolute atomic E-state index is 0.0847. The molecule has 0 radical (unpaired) electrons. The molecule has 0 bridgehead atoms. The molecular weight excluding hydrogens is 398 g/mol. The number of rotatable bonds is 7. The normalized spacial score (nSPS) is 14.1. The van der Waals surface area contributed by atoms with E-state index in [0.29, 0.717) is 42.3 Å². The summed E-state index contributed by atoms with van der Waals surface area (Å²) in [7, 11) is 1.60. The summed E-state index contributed by atoms with van der Waals surface area (Å²) in [5.74, 6) is 0.335. The fourth-order valence-corrected chi connectivity index (χ4v) is 4.64. The Labute approximate surface area is 180 Å². The maximum absolute atomic E-state index is 12.9. The molecule has 2 heterocycles. The summed E-state index contributed by atoms with van der Waals surface area (Å²) in [5, 5.41) is 8.65. The van der Waals surface area contributed by atoms with E-state index in [4.69, 9.17) is 14.9 Å². The van der Waals surface area contributed by atoms with E-state index in [1.807, 2.05) is 43.3 Å². The van der Waals surface area contributed by atoms with Gasteiger partial charge in [0.25, 0.3) is 0 Å². The number of carbonyl (C=O) groups is 1. The number of ketones is 1. The van der Waals surface area contributed by atoms with Crippen LogP contribution in [-0.4, -0.2) is 49.9 Å². The molecule has 7 heteroatoms. The van der Waals surface area contributed by atoms with Gasteiger partial charge in [0.1, 0.15) is 11.3 Å². The van der Waals surface area contributed by atoms with Crippen molar-refractivity contribution in [2.75, 3.05) is 38.3 Å². The molecule has 156 valence electrons. The summed E-state index contributed by atoms with van der Waals surface area (Å²) in [4.78, 5) is 19.7. The highest BCUT2D eigenvalue weighted by Crippen LogP contribution is 2.38. The van der Waals surface area contributed by atoms with Crippen molar-refractivity contribution in [2.45, 2.75) is 19.8 Å². The first-order valence-corrected chi connectivity index (χ1v) is 10.9. The molecule has 6 nitrogen and oxygen atoms in total. The van der Waals surface area contributed by atoms with E-state index in [0.717, 1.165) is 29.0 Å². The highest BCUT2D eigenvalue weighted by atomic mass is 32.1. The second kappa shape index (κ2) is 8.93. The van der Waals surface area contributed by atoms with Crippen LogP contribution in [-0.2, 0) is 11.2 Å². The molecule has 0 atom stereocenters. The van der Waals surface area contributed by atoms with Crippen molar-refractivity contribution in [3.05, 3.63) is 52.5 Å². The van der Waals surface area contributed by atoms with Crippen molar-refractivity contribution < 1.29 is 14.3 Å². The van der Waals surface area contributed by atoms with E-state index >= 15 is 0 Å². The molecule has 30 heavy (non-hydrogen) atoms. The van der Waals surface area contributed by atoms with Gasteiger partial charge in [-0.15, -0.1) is 11.3 Å². The number of fused-ring (bicyclic) bond motifs is 1. The molecule has 4 rings (SSSR count). The number of methoxy groups -OCH3 is 1. The minimum atomic E-state index is -0.307. The molecule has 1 aromatic heterocycles. The smallest absolute Gasteiger partial charge is 0.235 e. The van der Waals surface area contributed by atoms with Crippen LogP contribution in [0.4, 0.5) is 5.69 Å². The number of aryl methyl sites for hydroxylation is 2. The molecule has 1 fully saturated rings. The minimum Gasteiger partial charge on any atom is -0.494 e. The highest BCUT2D eigenvalue weighted by Gasteiger charge is 2.23. The third kappa shape index (κ3) is 4.22. The summed E-state index contributed by atoms with van der Waals surface area (Å²) in [6.07, 6.45) is 1.06. The number of benzene rings is 2. The zero-order valence-corrected chi connectivity index (χ0v) is 18.1. The number of carbonyl (C=O) groups excluding carboxylic acids is 1. The van der Waals surface area contributed by atoms with Crippen LogP contribution in [0.15, 0.2) is 36.4 Å². The maximum Gasteiger partial charge on any atom is 0.235 e. The van der Waals surface area contributed by atoms with Crippen molar-refractivity contribution >= 4 is 38.7 Å². The van der Waals surface area contributed by atoms with Crippen LogP contribution in [0.1, 0.15) is 27.3 Å². The Morgan fingerprint density at radius 1 is 1.20 bits per heavy atom. The summed E-state index contributed by atoms with van der Waals surface area (Å²) >= 11 is 1.34. The average Bonchev–Trinajstić information content (AvgIpc) is 3.23. The molecule has 2 aromatic carbocycles. The van der Waals surface area contributed by atoms with Gasteiger partial charge in [-0.3, -0.25) is 4.79 Å². The van der Waals surface area contributed by atoms with Gasteiger partial charge in [-0.25, -0.2) is 4.98 Å². The van der Waals surface area contributed by atoms with E-state index in [-0.39, 0.29) is 11.5 Å². The van der Waals surface area contributed by atoms with E-state index in [1.165, 1.54) is 16.9 Å². The van der Waals surface area contributed by atoms with Crippen LogP contribution in [0.3, 0.4) is 0 Å². The first-order valence-electron chi connectivity index (χ1n) is 10.0. The van der Waals surface area contributed by atoms with Crippen LogP contribution in [0.2, 0.25) is 0 Å². The molecule has 0 unspecified atom stereocenters. The van der Waals surface area contributed by atoms with E-state index in [2.05, 4.69) is 9.88 Å². The van der Waals surface area contributed by atoms with Crippen LogP contribution in [0, 0.1) is 12.3 Å². The SMILES string of the molecule is COc1ccc(N2CCOCC2)c2sc(C(=O)C(=N)CCc3ccc(C)cc3)nc12. The predicted octanol–water partition coefficient (Wildman–Crippen LogP) is 4.29. The van der Waals surface area contributed by atoms with E-state index in [9.17, 15) is 4.79 Å². The first kappa shape index (κ1) is 20.5. The second-order valence-corrected chi connectivity index (χ2v) is 8.38. The summed E-state index contributed by atoms with van der Waals surface area (Å²) in [5.41, 5.74) is 4.13. The van der Waals surface area contributed by atoms with Crippen LogP contribution >= 0.6 is 11.3 Å². The van der Waals surface area contributed by atoms with Crippen molar-refractivity contribution in [1.29, 1.82) is 5.41 Å². The fraction of sp³-hybridized carbons (Fsp3) is 0.348. The third-order valence-electron chi connectivity index (χ3n) is 5.31. The van der Waals surface area contributed by atoms with Gasteiger partial charge in [0.15, 0.2) is 5.01 Å². The molecule has 1 saturated heterocycles. The van der Waals surface area contributed by atoms with Gasteiger partial charge < -0.3 is 19.8 Å². The standard InChI is InChI=1S/C23H25N3O3S/c1-15-3-5-16(6-4-15)7-8-17(24)21(27)23-25-20-19(28-2)10-9-18(22(20)30-23)26-11-13-29-14-12-26/h3-6,9-10,24H,7-8,11-14H2,1-2H3. The molecule has 0 aliphatic carbocycles. The van der Waals surface area contributed by atoms with E-state index < -0.39 is 0 Å². The summed E-state index contributed by atoms with van der Waals surface area (Å²) in [6, 6.07) is 12.1.